The molecular weight excluding hydrogens is 408 g/mol. The van der Waals surface area contributed by atoms with E-state index in [1.165, 1.54) is 12.0 Å². The lowest BCUT2D eigenvalue weighted by Gasteiger charge is -2.46. The van der Waals surface area contributed by atoms with Crippen LogP contribution in [-0.4, -0.2) is 48.5 Å². The van der Waals surface area contributed by atoms with Crippen LogP contribution in [-0.2, 0) is 19.1 Å². The van der Waals surface area contributed by atoms with Crippen molar-refractivity contribution in [3.8, 4) is 5.75 Å². The second kappa shape index (κ2) is 10.4. The zero-order chi connectivity index (χ0) is 23.1. The number of allylic oxidation sites excluding steroid dienone is 1. The highest BCUT2D eigenvalue weighted by Gasteiger charge is 2.50. The molecule has 7 heteroatoms. The van der Waals surface area contributed by atoms with Gasteiger partial charge in [-0.15, -0.1) is 0 Å². The predicted octanol–water partition coefficient (Wildman–Crippen LogP) is 2.94. The van der Waals surface area contributed by atoms with E-state index in [4.69, 9.17) is 9.47 Å². The number of methoxy groups -OCH3 is 1. The summed E-state index contributed by atoms with van der Waals surface area (Å²) in [7, 11) is 1.27. The van der Waals surface area contributed by atoms with Crippen LogP contribution in [0.15, 0.2) is 78.0 Å². The Balaban J connectivity index is 1.78. The zero-order valence-corrected chi connectivity index (χ0v) is 18.3. The van der Waals surface area contributed by atoms with Gasteiger partial charge in [-0.1, -0.05) is 60.7 Å². The summed E-state index contributed by atoms with van der Waals surface area (Å²) in [6, 6.07) is 17.1. The first-order chi connectivity index (χ1) is 15.4. The molecule has 2 unspecified atom stereocenters. The molecule has 0 spiro atoms. The van der Waals surface area contributed by atoms with E-state index in [-0.39, 0.29) is 18.2 Å². The molecule has 1 saturated heterocycles. The van der Waals surface area contributed by atoms with E-state index in [9.17, 15) is 14.4 Å². The van der Waals surface area contributed by atoms with Crippen molar-refractivity contribution in [2.24, 2.45) is 0 Å². The van der Waals surface area contributed by atoms with Crippen molar-refractivity contribution in [2.75, 3.05) is 13.7 Å². The molecule has 2 amide bonds. The first-order valence-electron chi connectivity index (χ1n) is 10.2. The van der Waals surface area contributed by atoms with Gasteiger partial charge in [0.15, 0.2) is 6.61 Å². The van der Waals surface area contributed by atoms with E-state index < -0.39 is 24.0 Å². The number of carbonyl (C=O) groups is 3. The average molecular weight is 434 g/mol. The van der Waals surface area contributed by atoms with Crippen molar-refractivity contribution in [1.82, 2.24) is 10.2 Å². The Morgan fingerprint density at radius 2 is 1.66 bits per heavy atom. The minimum atomic E-state index is -0.819. The minimum absolute atomic E-state index is 0.172. The minimum Gasteiger partial charge on any atom is -0.484 e. The highest BCUT2D eigenvalue weighted by atomic mass is 16.5. The molecule has 1 N–H and O–H groups in total. The fraction of sp³-hybridized carbons (Fsp3) is 0.240. The third kappa shape index (κ3) is 5.24. The monoisotopic (exact) mass is 434 g/mol. The van der Waals surface area contributed by atoms with Gasteiger partial charge in [0, 0.05) is 0 Å². The van der Waals surface area contributed by atoms with E-state index in [0.29, 0.717) is 11.3 Å². The van der Waals surface area contributed by atoms with Crippen molar-refractivity contribution in [2.45, 2.75) is 25.9 Å². The largest absolute Gasteiger partial charge is 0.484 e. The van der Waals surface area contributed by atoms with Crippen LogP contribution >= 0.6 is 0 Å². The van der Waals surface area contributed by atoms with Crippen molar-refractivity contribution in [3.05, 3.63) is 83.6 Å². The summed E-state index contributed by atoms with van der Waals surface area (Å²) in [5, 5.41) is 2.72. The summed E-state index contributed by atoms with van der Waals surface area (Å²) >= 11 is 0. The van der Waals surface area contributed by atoms with Crippen molar-refractivity contribution in [3.63, 3.8) is 0 Å². The van der Waals surface area contributed by atoms with Gasteiger partial charge < -0.3 is 14.8 Å². The lowest BCUT2D eigenvalue weighted by atomic mass is 9.91. The predicted molar refractivity (Wildman–Crippen MR) is 120 cm³/mol. The molecule has 7 nitrogen and oxygen atoms in total. The van der Waals surface area contributed by atoms with E-state index >= 15 is 0 Å². The average Bonchev–Trinajstić information content (AvgIpc) is 2.81. The number of esters is 1. The van der Waals surface area contributed by atoms with Gasteiger partial charge in [-0.2, -0.15) is 0 Å². The number of likely N-dealkylation sites (tertiary alicyclic amines) is 1. The van der Waals surface area contributed by atoms with Crippen LogP contribution < -0.4 is 10.1 Å². The molecule has 166 valence electrons. The number of benzene rings is 2. The fourth-order valence-corrected chi connectivity index (χ4v) is 3.41. The number of para-hydroxylation sites is 1. The molecule has 1 aliphatic heterocycles. The maximum atomic E-state index is 13.0. The van der Waals surface area contributed by atoms with Crippen LogP contribution in [0.3, 0.4) is 0 Å². The van der Waals surface area contributed by atoms with Crippen LogP contribution in [0.25, 0.3) is 6.08 Å². The Hall–Kier alpha value is -3.87. The number of carbonyl (C=O) groups excluding carboxylic acids is 3. The smallest absolute Gasteiger partial charge is 0.354 e. The van der Waals surface area contributed by atoms with Crippen molar-refractivity contribution < 1.29 is 23.9 Å². The van der Waals surface area contributed by atoms with E-state index in [1.54, 1.807) is 44.2 Å². The Labute approximate surface area is 187 Å². The van der Waals surface area contributed by atoms with Crippen LogP contribution in [0.5, 0.6) is 5.75 Å². The second-order valence-corrected chi connectivity index (χ2v) is 7.46. The number of amides is 2. The summed E-state index contributed by atoms with van der Waals surface area (Å²) in [5.74, 6) is -0.861. The highest BCUT2D eigenvalue weighted by Crippen LogP contribution is 2.29. The SMILES string of the molecule is COC(=O)C(=C(C)C)N1C(=O)C(NC(=O)COc2ccccc2)C1C=Cc1ccccc1. The van der Waals surface area contributed by atoms with Gasteiger partial charge in [-0.25, -0.2) is 4.79 Å². The molecule has 2 aromatic rings. The molecule has 2 aromatic carbocycles. The standard InChI is InChI=1S/C25H26N2O5/c1-17(2)23(25(30)31-3)27-20(15-14-18-10-6-4-7-11-18)22(24(27)29)26-21(28)16-32-19-12-8-5-9-13-19/h4-15,20,22H,16H2,1-3H3,(H,26,28). The summed E-state index contributed by atoms with van der Waals surface area (Å²) in [6.07, 6.45) is 3.65. The number of nitrogens with zero attached hydrogens (tertiary/aromatic N) is 1. The van der Waals surface area contributed by atoms with Crippen LogP contribution in [0, 0.1) is 0 Å². The van der Waals surface area contributed by atoms with Gasteiger partial charge in [0.2, 0.25) is 0 Å². The number of nitrogens with one attached hydrogen (secondary N) is 1. The third-order valence-electron chi connectivity index (χ3n) is 4.95. The molecule has 1 aliphatic rings. The molecule has 0 saturated carbocycles. The second-order valence-electron chi connectivity index (χ2n) is 7.46. The normalized spacial score (nSPS) is 17.5. The van der Waals surface area contributed by atoms with Gasteiger partial charge in [0.05, 0.1) is 13.2 Å². The molecule has 32 heavy (non-hydrogen) atoms. The van der Waals surface area contributed by atoms with Crippen molar-refractivity contribution >= 4 is 23.9 Å². The van der Waals surface area contributed by atoms with Gasteiger partial charge in [0.25, 0.3) is 11.8 Å². The molecule has 0 aliphatic carbocycles. The summed E-state index contributed by atoms with van der Waals surface area (Å²) < 4.78 is 10.3. The quantitative estimate of drug-likeness (QED) is 0.392. The number of hydrogen-bond donors (Lipinski definition) is 1. The Bertz CT molecular complexity index is 1030. The molecule has 0 radical (unpaired) electrons. The van der Waals surface area contributed by atoms with Crippen LogP contribution in [0.2, 0.25) is 0 Å². The van der Waals surface area contributed by atoms with E-state index in [1.807, 2.05) is 42.5 Å². The molecule has 1 fully saturated rings. The van der Waals surface area contributed by atoms with E-state index in [2.05, 4.69) is 5.32 Å². The van der Waals surface area contributed by atoms with E-state index in [0.717, 1.165) is 5.56 Å². The summed E-state index contributed by atoms with van der Waals surface area (Å²) in [4.78, 5) is 39.1. The Kier molecular flexibility index (Phi) is 7.44. The topological polar surface area (TPSA) is 84.9 Å². The highest BCUT2D eigenvalue weighted by molar-refractivity contribution is 6.02. The van der Waals surface area contributed by atoms with Gasteiger partial charge in [0.1, 0.15) is 17.5 Å². The first kappa shape index (κ1) is 22.8. The molecule has 2 atom stereocenters. The Morgan fingerprint density at radius 1 is 1.03 bits per heavy atom. The molecule has 1 heterocycles. The maximum Gasteiger partial charge on any atom is 0.354 e. The number of β-lactam (4-membered cyclic amide) rings is 1. The molecule has 0 aromatic heterocycles. The number of ether oxygens (including phenoxy) is 2. The summed E-state index contributed by atoms with van der Waals surface area (Å²) in [6.45, 7) is 3.24. The number of rotatable bonds is 8. The van der Waals surface area contributed by atoms with Gasteiger partial charge >= 0.3 is 5.97 Å². The third-order valence-corrected chi connectivity index (χ3v) is 4.95. The first-order valence-corrected chi connectivity index (χ1v) is 10.2. The van der Waals surface area contributed by atoms with Gasteiger partial charge in [-0.05, 0) is 37.1 Å². The molecular formula is C25H26N2O5. The molecule has 0 bridgehead atoms. The fourth-order valence-electron chi connectivity index (χ4n) is 3.41. The maximum absolute atomic E-state index is 13.0. The number of hydrogen-bond acceptors (Lipinski definition) is 5. The molecule has 3 rings (SSSR count). The van der Waals surface area contributed by atoms with Crippen LogP contribution in [0.4, 0.5) is 0 Å². The van der Waals surface area contributed by atoms with Crippen LogP contribution in [0.1, 0.15) is 19.4 Å². The summed E-state index contributed by atoms with van der Waals surface area (Å²) in [5.41, 5.74) is 1.74. The van der Waals surface area contributed by atoms with Crippen molar-refractivity contribution in [1.29, 1.82) is 0 Å². The lowest BCUT2D eigenvalue weighted by molar-refractivity contribution is -0.153. The van der Waals surface area contributed by atoms with Gasteiger partial charge in [-0.3, -0.25) is 14.5 Å². The lowest BCUT2D eigenvalue weighted by Crippen LogP contribution is -2.70. The Morgan fingerprint density at radius 3 is 2.25 bits per heavy atom. The zero-order valence-electron chi connectivity index (χ0n) is 18.3.